The van der Waals surface area contributed by atoms with Gasteiger partial charge in [0.25, 0.3) is 0 Å². The van der Waals surface area contributed by atoms with Crippen LogP contribution in [0.4, 0.5) is 5.69 Å². The Labute approximate surface area is 197 Å². The van der Waals surface area contributed by atoms with Crippen molar-refractivity contribution in [3.63, 3.8) is 0 Å². The van der Waals surface area contributed by atoms with Gasteiger partial charge in [-0.2, -0.15) is 0 Å². The van der Waals surface area contributed by atoms with Crippen molar-refractivity contribution in [2.45, 2.75) is 45.5 Å². The molecule has 3 rings (SSSR count). The molecule has 0 bridgehead atoms. The van der Waals surface area contributed by atoms with Crippen LogP contribution in [0.2, 0.25) is 5.02 Å². The van der Waals surface area contributed by atoms with Gasteiger partial charge in [0.15, 0.2) is 17.1 Å². The van der Waals surface area contributed by atoms with Crippen LogP contribution in [0, 0.1) is 6.92 Å². The molecule has 1 atom stereocenters. The molecule has 3 aromatic rings. The highest BCUT2D eigenvalue weighted by molar-refractivity contribution is 7.99. The third-order valence-electron chi connectivity index (χ3n) is 4.65. The summed E-state index contributed by atoms with van der Waals surface area (Å²) in [5.41, 5.74) is 1.67. The number of carbonyl (C=O) groups excluding carboxylic acids is 1. The first kappa shape index (κ1) is 23.9. The first-order chi connectivity index (χ1) is 15.4. The maximum atomic E-state index is 12.4. The van der Waals surface area contributed by atoms with Crippen LogP contribution in [0.25, 0.3) is 0 Å². The van der Waals surface area contributed by atoms with Crippen LogP contribution in [0.5, 0.6) is 11.5 Å². The zero-order valence-electron chi connectivity index (χ0n) is 18.6. The second-order valence-corrected chi connectivity index (χ2v) is 8.43. The quantitative estimate of drug-likeness (QED) is 0.389. The molecule has 0 fully saturated rings. The lowest BCUT2D eigenvalue weighted by Crippen LogP contribution is -2.15. The predicted molar refractivity (Wildman–Crippen MR) is 128 cm³/mol. The molecule has 0 aliphatic carbocycles. The second kappa shape index (κ2) is 11.2. The van der Waals surface area contributed by atoms with Gasteiger partial charge in [0, 0.05) is 17.3 Å². The monoisotopic (exact) mass is 474 g/mol. The van der Waals surface area contributed by atoms with E-state index in [1.807, 2.05) is 68.7 Å². The van der Waals surface area contributed by atoms with Crippen LogP contribution in [-0.2, 0) is 11.3 Å². The summed E-state index contributed by atoms with van der Waals surface area (Å²) in [7, 11) is 0. The summed E-state index contributed by atoms with van der Waals surface area (Å²) in [6, 6.07) is 12.8. The summed E-state index contributed by atoms with van der Waals surface area (Å²) in [5, 5.41) is 12.8. The second-order valence-electron chi connectivity index (χ2n) is 7.05. The molecule has 170 valence electrons. The number of hydrogen-bond acceptors (Lipinski definition) is 6. The van der Waals surface area contributed by atoms with Gasteiger partial charge in [-0.25, -0.2) is 0 Å². The van der Waals surface area contributed by atoms with Gasteiger partial charge in [-0.3, -0.25) is 4.79 Å². The highest BCUT2D eigenvalue weighted by Crippen LogP contribution is 2.28. The van der Waals surface area contributed by atoms with E-state index < -0.39 is 0 Å². The smallest absolute Gasteiger partial charge is 0.234 e. The molecule has 0 aliphatic heterocycles. The fraction of sp³-hybridized carbons (Fsp3) is 0.348. The fourth-order valence-electron chi connectivity index (χ4n) is 3.12. The molecule has 0 aliphatic rings. The topological polar surface area (TPSA) is 78.3 Å². The van der Waals surface area contributed by atoms with E-state index in [1.54, 1.807) is 6.07 Å². The zero-order valence-corrected chi connectivity index (χ0v) is 20.2. The third kappa shape index (κ3) is 6.17. The summed E-state index contributed by atoms with van der Waals surface area (Å²) >= 11 is 7.37. The molecule has 2 aromatic carbocycles. The van der Waals surface area contributed by atoms with Crippen molar-refractivity contribution in [1.29, 1.82) is 0 Å². The summed E-state index contributed by atoms with van der Waals surface area (Å²) in [5.74, 6) is 2.32. The van der Waals surface area contributed by atoms with Crippen LogP contribution < -0.4 is 14.8 Å². The van der Waals surface area contributed by atoms with E-state index in [4.69, 9.17) is 21.1 Å². The minimum Gasteiger partial charge on any atom is -0.494 e. The SMILES string of the molecule is CCOc1ccc(NC(=O)CSc2nnc(C(C)Oc3ccc(Cl)cc3C)n2CC)cc1. The van der Waals surface area contributed by atoms with Gasteiger partial charge in [0.05, 0.1) is 12.4 Å². The lowest BCUT2D eigenvalue weighted by molar-refractivity contribution is -0.113. The van der Waals surface area contributed by atoms with Crippen molar-refractivity contribution in [2.24, 2.45) is 0 Å². The highest BCUT2D eigenvalue weighted by atomic mass is 35.5. The summed E-state index contributed by atoms with van der Waals surface area (Å²) in [6.45, 7) is 9.08. The van der Waals surface area contributed by atoms with E-state index in [2.05, 4.69) is 15.5 Å². The number of carbonyl (C=O) groups is 1. The maximum Gasteiger partial charge on any atom is 0.234 e. The lowest BCUT2D eigenvalue weighted by Gasteiger charge is -2.17. The number of aromatic nitrogens is 3. The Morgan fingerprint density at radius 1 is 1.19 bits per heavy atom. The van der Waals surface area contributed by atoms with Crippen LogP contribution in [0.15, 0.2) is 47.6 Å². The average Bonchev–Trinajstić information content (AvgIpc) is 3.19. The number of halogens is 1. The fourth-order valence-corrected chi connectivity index (χ4v) is 4.16. The molecule has 9 heteroatoms. The number of hydrogen-bond donors (Lipinski definition) is 1. The molecule has 7 nitrogen and oxygen atoms in total. The molecular formula is C23H27ClN4O3S. The molecule has 0 saturated heterocycles. The number of nitrogens with zero attached hydrogens (tertiary/aromatic N) is 3. The van der Waals surface area contributed by atoms with Crippen molar-refractivity contribution < 1.29 is 14.3 Å². The first-order valence-electron chi connectivity index (χ1n) is 10.4. The Balaban J connectivity index is 1.60. The Hall–Kier alpha value is -2.71. The maximum absolute atomic E-state index is 12.4. The number of benzene rings is 2. The number of thioether (sulfide) groups is 1. The van der Waals surface area contributed by atoms with Crippen molar-refractivity contribution >= 4 is 35.0 Å². The number of ether oxygens (including phenoxy) is 2. The van der Waals surface area contributed by atoms with Crippen LogP contribution in [-0.4, -0.2) is 33.0 Å². The van der Waals surface area contributed by atoms with Gasteiger partial charge in [-0.15, -0.1) is 10.2 Å². The van der Waals surface area contributed by atoms with Gasteiger partial charge in [-0.05, 0) is 75.7 Å². The largest absolute Gasteiger partial charge is 0.494 e. The third-order valence-corrected chi connectivity index (χ3v) is 5.85. The van der Waals surface area contributed by atoms with E-state index in [0.29, 0.717) is 29.2 Å². The standard InChI is InChI=1S/C23H27ClN4O3S/c1-5-28-22(16(4)31-20-12-7-17(24)13-15(20)3)26-27-23(28)32-14-21(29)25-18-8-10-19(11-9-18)30-6-2/h7-13,16H,5-6,14H2,1-4H3,(H,25,29). The number of amides is 1. The molecule has 1 aromatic heterocycles. The molecule has 1 unspecified atom stereocenters. The van der Waals surface area contributed by atoms with E-state index in [1.165, 1.54) is 11.8 Å². The Kier molecular flexibility index (Phi) is 8.41. The van der Waals surface area contributed by atoms with E-state index in [0.717, 1.165) is 22.7 Å². The minimum absolute atomic E-state index is 0.118. The van der Waals surface area contributed by atoms with Crippen molar-refractivity contribution in [1.82, 2.24) is 14.8 Å². The van der Waals surface area contributed by atoms with Crippen molar-refractivity contribution in [3.05, 3.63) is 58.9 Å². The van der Waals surface area contributed by atoms with Gasteiger partial charge in [-0.1, -0.05) is 23.4 Å². The number of rotatable bonds is 10. The number of nitrogens with one attached hydrogen (secondary N) is 1. The Morgan fingerprint density at radius 3 is 2.59 bits per heavy atom. The molecule has 0 spiro atoms. The molecule has 0 radical (unpaired) electrons. The van der Waals surface area contributed by atoms with Gasteiger partial charge >= 0.3 is 0 Å². The molecule has 1 N–H and O–H groups in total. The molecule has 1 amide bonds. The Morgan fingerprint density at radius 2 is 1.94 bits per heavy atom. The molecule has 32 heavy (non-hydrogen) atoms. The van der Waals surface area contributed by atoms with E-state index in [9.17, 15) is 4.79 Å². The van der Waals surface area contributed by atoms with Crippen LogP contribution in [0.1, 0.15) is 38.3 Å². The number of aryl methyl sites for hydroxylation is 1. The molecule has 1 heterocycles. The summed E-state index contributed by atoms with van der Waals surface area (Å²) < 4.78 is 13.5. The van der Waals surface area contributed by atoms with E-state index in [-0.39, 0.29) is 17.8 Å². The van der Waals surface area contributed by atoms with Crippen molar-refractivity contribution in [3.8, 4) is 11.5 Å². The average molecular weight is 475 g/mol. The van der Waals surface area contributed by atoms with Gasteiger partial charge in [0.1, 0.15) is 11.5 Å². The zero-order chi connectivity index (χ0) is 23.1. The normalized spacial score (nSPS) is 11.8. The first-order valence-corrected chi connectivity index (χ1v) is 11.8. The predicted octanol–water partition coefficient (Wildman–Crippen LogP) is 5.53. The van der Waals surface area contributed by atoms with Gasteiger partial charge in [0.2, 0.25) is 5.91 Å². The number of anilines is 1. The minimum atomic E-state index is -0.311. The lowest BCUT2D eigenvalue weighted by atomic mass is 10.2. The Bertz CT molecular complexity index is 1060. The summed E-state index contributed by atoms with van der Waals surface area (Å²) in [6.07, 6.45) is -0.311. The highest BCUT2D eigenvalue weighted by Gasteiger charge is 2.20. The molecule has 0 saturated carbocycles. The van der Waals surface area contributed by atoms with Crippen LogP contribution in [0.3, 0.4) is 0 Å². The van der Waals surface area contributed by atoms with Gasteiger partial charge < -0.3 is 19.4 Å². The van der Waals surface area contributed by atoms with Crippen molar-refractivity contribution in [2.75, 3.05) is 17.7 Å². The molecular weight excluding hydrogens is 448 g/mol. The summed E-state index contributed by atoms with van der Waals surface area (Å²) in [4.78, 5) is 12.4. The van der Waals surface area contributed by atoms with Crippen LogP contribution >= 0.6 is 23.4 Å². The van der Waals surface area contributed by atoms with E-state index >= 15 is 0 Å².